The minimum absolute atomic E-state index is 0.0451. The number of ether oxygens (including phenoxy) is 1. The first kappa shape index (κ1) is 24.7. The number of carbonyl (C=O) groups excluding carboxylic acids is 1. The summed E-state index contributed by atoms with van der Waals surface area (Å²) in [6.07, 6.45) is 5.91. The molecule has 1 fully saturated rings. The Hall–Kier alpha value is -3.98. The number of pyridine rings is 2. The lowest BCUT2D eigenvalue weighted by Crippen LogP contribution is -2.40. The zero-order valence-corrected chi connectivity index (χ0v) is 21.1. The van der Waals surface area contributed by atoms with Crippen LogP contribution in [0.2, 0.25) is 0 Å². The van der Waals surface area contributed by atoms with Gasteiger partial charge >= 0.3 is 0 Å². The fourth-order valence-electron chi connectivity index (χ4n) is 4.92. The van der Waals surface area contributed by atoms with Gasteiger partial charge in [-0.15, -0.1) is 0 Å². The summed E-state index contributed by atoms with van der Waals surface area (Å²) in [4.78, 5) is 33.7. The van der Waals surface area contributed by atoms with Crippen LogP contribution in [0.3, 0.4) is 0 Å². The van der Waals surface area contributed by atoms with Gasteiger partial charge in [0.15, 0.2) is 0 Å². The van der Waals surface area contributed by atoms with Crippen LogP contribution in [0, 0.1) is 5.41 Å². The third kappa shape index (κ3) is 5.27. The minimum atomic E-state index is -0.348. The Morgan fingerprint density at radius 3 is 2.62 bits per heavy atom. The molecule has 9 nitrogen and oxygen atoms in total. The van der Waals surface area contributed by atoms with Gasteiger partial charge < -0.3 is 19.5 Å². The number of nitrogens with one attached hydrogen (secondary N) is 2. The van der Waals surface area contributed by atoms with Crippen molar-refractivity contribution in [3.05, 3.63) is 81.7 Å². The van der Waals surface area contributed by atoms with Crippen molar-refractivity contribution in [2.45, 2.75) is 32.2 Å². The van der Waals surface area contributed by atoms with E-state index >= 15 is 0 Å². The average Bonchev–Trinajstić information content (AvgIpc) is 2.93. The Labute approximate surface area is 214 Å². The molecule has 1 aliphatic rings. The highest BCUT2D eigenvalue weighted by molar-refractivity contribution is 5.96. The molecule has 4 heterocycles. The second-order valence-corrected chi connectivity index (χ2v) is 9.40. The van der Waals surface area contributed by atoms with Crippen LogP contribution in [0.15, 0.2) is 59.5 Å². The summed E-state index contributed by atoms with van der Waals surface area (Å²) < 4.78 is 8.39. The van der Waals surface area contributed by atoms with Gasteiger partial charge in [-0.1, -0.05) is 24.6 Å². The van der Waals surface area contributed by atoms with Crippen molar-refractivity contribution in [3.8, 4) is 5.75 Å². The minimum Gasteiger partial charge on any atom is -0.497 e. The lowest BCUT2D eigenvalue weighted by Gasteiger charge is -2.26. The Balaban J connectivity index is 1.49. The molecule has 1 saturated heterocycles. The molecule has 1 aliphatic heterocycles. The van der Waals surface area contributed by atoms with E-state index in [4.69, 9.17) is 15.1 Å². The van der Waals surface area contributed by atoms with E-state index in [0.717, 1.165) is 30.9 Å². The molecular weight excluding hydrogens is 468 g/mol. The Morgan fingerprint density at radius 1 is 1.08 bits per heavy atom. The van der Waals surface area contributed by atoms with E-state index in [-0.39, 0.29) is 22.5 Å². The normalized spacial score (nSPS) is 14.2. The third-order valence-corrected chi connectivity index (χ3v) is 7.01. The van der Waals surface area contributed by atoms with E-state index in [0.29, 0.717) is 36.2 Å². The second kappa shape index (κ2) is 11.0. The maximum atomic E-state index is 13.4. The first-order valence-corrected chi connectivity index (χ1v) is 12.8. The van der Waals surface area contributed by atoms with Gasteiger partial charge in [0.2, 0.25) is 0 Å². The average molecular weight is 501 g/mol. The van der Waals surface area contributed by atoms with Gasteiger partial charge in [0.05, 0.1) is 18.1 Å². The van der Waals surface area contributed by atoms with Gasteiger partial charge in [-0.05, 0) is 68.2 Å². The Bertz CT molecular complexity index is 1530. The molecule has 0 bridgehead atoms. The molecule has 5 rings (SSSR count). The highest BCUT2D eigenvalue weighted by Crippen LogP contribution is 2.14. The van der Waals surface area contributed by atoms with Crippen molar-refractivity contribution < 1.29 is 9.53 Å². The van der Waals surface area contributed by atoms with Crippen LogP contribution in [0.25, 0.3) is 16.7 Å². The van der Waals surface area contributed by atoms with Crippen molar-refractivity contribution in [2.24, 2.45) is 0 Å². The Morgan fingerprint density at radius 2 is 1.86 bits per heavy atom. The molecule has 3 aromatic heterocycles. The fourth-order valence-corrected chi connectivity index (χ4v) is 4.92. The number of aryl methyl sites for hydroxylation is 2. The lowest BCUT2D eigenvalue weighted by atomic mass is 10.1. The summed E-state index contributed by atoms with van der Waals surface area (Å²) in [5, 5.41) is 12.2. The molecular formula is C28H32N6O3. The number of piperidine rings is 1. The van der Waals surface area contributed by atoms with Gasteiger partial charge in [0.1, 0.15) is 22.5 Å². The number of carbonyl (C=O) groups is 1. The van der Waals surface area contributed by atoms with Crippen LogP contribution in [-0.4, -0.2) is 58.0 Å². The molecule has 0 radical (unpaired) electrons. The van der Waals surface area contributed by atoms with E-state index < -0.39 is 0 Å². The molecule has 0 atom stereocenters. The SMILES string of the molecule is COc1ccc(CCn2c(=N)c(C(=O)NCCN3CCCCC3)cc3c(=O)n4ccccc4nc32)cc1. The lowest BCUT2D eigenvalue weighted by molar-refractivity contribution is 0.0944. The van der Waals surface area contributed by atoms with Crippen molar-refractivity contribution in [1.29, 1.82) is 5.41 Å². The van der Waals surface area contributed by atoms with Crippen LogP contribution >= 0.6 is 0 Å². The number of methoxy groups -OCH3 is 1. The molecule has 0 saturated carbocycles. The standard InChI is InChI=1S/C28H32N6O3/c1-37-21-10-8-20(9-11-21)12-17-34-25(29)22(27(35)30-13-18-32-14-4-2-5-15-32)19-23-26(34)31-24-7-3-6-16-33(24)28(23)36/h3,6-11,16,19,29H,2,4-5,12-15,17-18H2,1H3,(H,30,35). The molecule has 9 heteroatoms. The van der Waals surface area contributed by atoms with Crippen LogP contribution in [0.4, 0.5) is 0 Å². The number of benzene rings is 1. The molecule has 1 aromatic carbocycles. The van der Waals surface area contributed by atoms with E-state index in [9.17, 15) is 9.59 Å². The summed E-state index contributed by atoms with van der Waals surface area (Å²) >= 11 is 0. The number of hydrogen-bond acceptors (Lipinski definition) is 6. The van der Waals surface area contributed by atoms with Gasteiger partial charge in [-0.3, -0.25) is 19.4 Å². The predicted octanol–water partition coefficient (Wildman–Crippen LogP) is 2.60. The van der Waals surface area contributed by atoms with Crippen molar-refractivity contribution >= 4 is 22.6 Å². The molecule has 4 aromatic rings. The molecule has 37 heavy (non-hydrogen) atoms. The monoisotopic (exact) mass is 500 g/mol. The highest BCUT2D eigenvalue weighted by atomic mass is 16.5. The summed E-state index contributed by atoms with van der Waals surface area (Å²) in [6, 6.07) is 14.6. The van der Waals surface area contributed by atoms with Crippen molar-refractivity contribution in [1.82, 2.24) is 24.2 Å². The van der Waals surface area contributed by atoms with Gasteiger partial charge in [-0.25, -0.2) is 4.98 Å². The molecule has 0 unspecified atom stereocenters. The van der Waals surface area contributed by atoms with Gasteiger partial charge in [0, 0.05) is 25.8 Å². The Kier molecular flexibility index (Phi) is 7.32. The predicted molar refractivity (Wildman–Crippen MR) is 142 cm³/mol. The maximum absolute atomic E-state index is 13.4. The largest absolute Gasteiger partial charge is 0.497 e. The first-order chi connectivity index (χ1) is 18.0. The van der Waals surface area contributed by atoms with Gasteiger partial charge in [0.25, 0.3) is 11.5 Å². The topological polar surface area (TPSA) is 105 Å². The van der Waals surface area contributed by atoms with Crippen LogP contribution in [-0.2, 0) is 13.0 Å². The van der Waals surface area contributed by atoms with Gasteiger partial charge in [-0.2, -0.15) is 0 Å². The smallest absolute Gasteiger partial charge is 0.267 e. The quantitative estimate of drug-likeness (QED) is 0.362. The number of rotatable bonds is 8. The maximum Gasteiger partial charge on any atom is 0.267 e. The summed E-state index contributed by atoms with van der Waals surface area (Å²) in [6.45, 7) is 3.77. The van der Waals surface area contributed by atoms with E-state index in [2.05, 4.69) is 10.2 Å². The molecule has 0 aliphatic carbocycles. The number of likely N-dealkylation sites (tertiary alicyclic amines) is 1. The van der Waals surface area contributed by atoms with Crippen LogP contribution < -0.4 is 21.1 Å². The number of hydrogen-bond donors (Lipinski definition) is 2. The zero-order valence-electron chi connectivity index (χ0n) is 21.1. The third-order valence-electron chi connectivity index (χ3n) is 7.01. The molecule has 1 amide bonds. The number of nitrogens with zero attached hydrogens (tertiary/aromatic N) is 4. The number of fused-ring (bicyclic) bond motifs is 2. The molecule has 0 spiro atoms. The number of amides is 1. The van der Waals surface area contributed by atoms with Crippen molar-refractivity contribution in [3.63, 3.8) is 0 Å². The van der Waals surface area contributed by atoms with Crippen LogP contribution in [0.5, 0.6) is 5.75 Å². The summed E-state index contributed by atoms with van der Waals surface area (Å²) in [5.74, 6) is 0.423. The summed E-state index contributed by atoms with van der Waals surface area (Å²) in [7, 11) is 1.63. The zero-order chi connectivity index (χ0) is 25.8. The molecule has 192 valence electrons. The fraction of sp³-hybridized carbons (Fsp3) is 0.357. The highest BCUT2D eigenvalue weighted by Gasteiger charge is 2.18. The van der Waals surface area contributed by atoms with E-state index in [1.165, 1.54) is 29.7 Å². The van der Waals surface area contributed by atoms with E-state index in [1.807, 2.05) is 30.3 Å². The second-order valence-electron chi connectivity index (χ2n) is 9.40. The number of aromatic nitrogens is 3. The van der Waals surface area contributed by atoms with Crippen LogP contribution in [0.1, 0.15) is 35.2 Å². The molecule has 2 N–H and O–H groups in total. The summed E-state index contributed by atoms with van der Waals surface area (Å²) in [5.41, 5.74) is 1.91. The van der Waals surface area contributed by atoms with Crippen molar-refractivity contribution in [2.75, 3.05) is 33.3 Å². The first-order valence-electron chi connectivity index (χ1n) is 12.8. The van der Waals surface area contributed by atoms with E-state index in [1.54, 1.807) is 30.0 Å².